The first-order valence-corrected chi connectivity index (χ1v) is 9.09. The Balaban J connectivity index is 0.00000196. The summed E-state index contributed by atoms with van der Waals surface area (Å²) in [5.74, 6) is 0.769. The molecule has 1 fully saturated rings. The van der Waals surface area contributed by atoms with Crippen LogP contribution in [0.1, 0.15) is 24.2 Å². The van der Waals surface area contributed by atoms with Crippen molar-refractivity contribution in [1.29, 1.82) is 0 Å². The molecule has 0 aliphatic carbocycles. The van der Waals surface area contributed by atoms with Crippen LogP contribution >= 0.6 is 24.8 Å². The summed E-state index contributed by atoms with van der Waals surface area (Å²) in [6, 6.07) is 8.17. The molecule has 1 amide bonds. The summed E-state index contributed by atoms with van der Waals surface area (Å²) in [7, 11) is 3.51. The minimum atomic E-state index is -0.00703. The minimum Gasteiger partial charge on any atom is -0.345 e. The SMILES string of the molecule is CC(C)N1CCN(c2ncc(-c3cccc(C(=O)N(C)C)c3)cn2)CC1.Cl.Cl. The molecule has 0 unspecified atom stereocenters. The van der Waals surface area contributed by atoms with Crippen LogP contribution in [0.4, 0.5) is 5.95 Å². The number of carbonyl (C=O) groups is 1. The van der Waals surface area contributed by atoms with Crippen LogP contribution in [0, 0.1) is 0 Å². The van der Waals surface area contributed by atoms with E-state index < -0.39 is 0 Å². The molecule has 8 heteroatoms. The van der Waals surface area contributed by atoms with Gasteiger partial charge in [-0.25, -0.2) is 9.97 Å². The number of rotatable bonds is 4. The molecule has 6 nitrogen and oxygen atoms in total. The Morgan fingerprint density at radius 3 is 2.14 bits per heavy atom. The topological polar surface area (TPSA) is 52.6 Å². The first-order valence-electron chi connectivity index (χ1n) is 9.09. The van der Waals surface area contributed by atoms with Gasteiger partial charge in [-0.2, -0.15) is 0 Å². The second kappa shape index (κ2) is 10.6. The van der Waals surface area contributed by atoms with Crippen LogP contribution in [0.15, 0.2) is 36.7 Å². The van der Waals surface area contributed by atoms with Gasteiger partial charge in [0.1, 0.15) is 0 Å². The van der Waals surface area contributed by atoms with E-state index in [0.29, 0.717) is 11.6 Å². The van der Waals surface area contributed by atoms with Crippen molar-refractivity contribution in [3.8, 4) is 11.1 Å². The van der Waals surface area contributed by atoms with Gasteiger partial charge in [0, 0.05) is 69.8 Å². The lowest BCUT2D eigenvalue weighted by atomic mass is 10.1. The predicted octanol–water partition coefficient (Wildman–Crippen LogP) is 3.22. The zero-order chi connectivity index (χ0) is 18.7. The summed E-state index contributed by atoms with van der Waals surface area (Å²) < 4.78 is 0. The number of piperazine rings is 1. The predicted molar refractivity (Wildman–Crippen MR) is 119 cm³/mol. The van der Waals surface area contributed by atoms with Crippen molar-refractivity contribution in [1.82, 2.24) is 19.8 Å². The molecule has 1 saturated heterocycles. The van der Waals surface area contributed by atoms with Crippen molar-refractivity contribution in [3.05, 3.63) is 42.2 Å². The lowest BCUT2D eigenvalue weighted by Crippen LogP contribution is -2.49. The fraction of sp³-hybridized carbons (Fsp3) is 0.450. The molecule has 28 heavy (non-hydrogen) atoms. The van der Waals surface area contributed by atoms with Crippen molar-refractivity contribution in [3.63, 3.8) is 0 Å². The molecule has 0 saturated carbocycles. The second-order valence-electron chi connectivity index (χ2n) is 7.17. The average Bonchev–Trinajstić information content (AvgIpc) is 2.67. The van der Waals surface area contributed by atoms with E-state index in [9.17, 15) is 4.79 Å². The third-order valence-corrected chi connectivity index (χ3v) is 4.81. The van der Waals surface area contributed by atoms with E-state index in [4.69, 9.17) is 0 Å². The zero-order valence-corrected chi connectivity index (χ0v) is 18.5. The Morgan fingerprint density at radius 2 is 1.61 bits per heavy atom. The van der Waals surface area contributed by atoms with Crippen molar-refractivity contribution in [2.45, 2.75) is 19.9 Å². The van der Waals surface area contributed by atoms with Crippen LogP contribution < -0.4 is 4.90 Å². The summed E-state index contributed by atoms with van der Waals surface area (Å²) in [5, 5.41) is 0. The molecule has 0 radical (unpaired) electrons. The summed E-state index contributed by atoms with van der Waals surface area (Å²) in [5.41, 5.74) is 2.54. The van der Waals surface area contributed by atoms with Crippen molar-refractivity contribution in [2.24, 2.45) is 0 Å². The van der Waals surface area contributed by atoms with E-state index >= 15 is 0 Å². The number of hydrogen-bond donors (Lipinski definition) is 0. The molecule has 154 valence electrons. The number of nitrogens with zero attached hydrogens (tertiary/aromatic N) is 5. The fourth-order valence-corrected chi connectivity index (χ4v) is 3.16. The van der Waals surface area contributed by atoms with Gasteiger partial charge in [-0.05, 0) is 31.5 Å². The van der Waals surface area contributed by atoms with Crippen molar-refractivity contribution >= 4 is 36.7 Å². The highest BCUT2D eigenvalue weighted by molar-refractivity contribution is 5.95. The van der Waals surface area contributed by atoms with Crippen LogP contribution in [0.25, 0.3) is 11.1 Å². The lowest BCUT2D eigenvalue weighted by Gasteiger charge is -2.36. The standard InChI is InChI=1S/C20H27N5O.2ClH/c1-15(2)24-8-10-25(11-9-24)20-21-13-18(14-22-20)16-6-5-7-17(12-16)19(26)23(3)4;;/h5-7,12-15H,8-11H2,1-4H3;2*1H. The maximum Gasteiger partial charge on any atom is 0.253 e. The van der Waals surface area contributed by atoms with E-state index in [1.165, 1.54) is 0 Å². The van der Waals surface area contributed by atoms with E-state index in [1.54, 1.807) is 19.0 Å². The van der Waals surface area contributed by atoms with Gasteiger partial charge in [-0.3, -0.25) is 9.69 Å². The summed E-state index contributed by atoms with van der Waals surface area (Å²) >= 11 is 0. The third-order valence-electron chi connectivity index (χ3n) is 4.81. The van der Waals surface area contributed by atoms with E-state index in [-0.39, 0.29) is 30.7 Å². The molecule has 1 aliphatic heterocycles. The number of carbonyl (C=O) groups excluding carboxylic acids is 1. The molecule has 0 spiro atoms. The van der Waals surface area contributed by atoms with Gasteiger partial charge < -0.3 is 9.80 Å². The highest BCUT2D eigenvalue weighted by Gasteiger charge is 2.20. The third kappa shape index (κ3) is 5.56. The average molecular weight is 426 g/mol. The van der Waals surface area contributed by atoms with Crippen LogP contribution in [0.2, 0.25) is 0 Å². The minimum absolute atomic E-state index is 0. The highest BCUT2D eigenvalue weighted by atomic mass is 35.5. The summed E-state index contributed by atoms with van der Waals surface area (Å²) in [4.78, 5) is 27.5. The number of halogens is 2. The molecular weight excluding hydrogens is 397 g/mol. The van der Waals surface area contributed by atoms with Crippen LogP contribution in [0.3, 0.4) is 0 Å². The van der Waals surface area contributed by atoms with Crippen LogP contribution in [-0.4, -0.2) is 72.0 Å². The number of anilines is 1. The lowest BCUT2D eigenvalue weighted by molar-refractivity contribution is 0.0827. The molecule has 1 aliphatic rings. The van der Waals surface area contributed by atoms with Crippen molar-refractivity contribution in [2.75, 3.05) is 45.2 Å². The molecular formula is C20H29Cl2N5O. The molecule has 0 N–H and O–H groups in total. The van der Waals surface area contributed by atoms with Crippen molar-refractivity contribution < 1.29 is 4.79 Å². The van der Waals surface area contributed by atoms with Gasteiger partial charge >= 0.3 is 0 Å². The largest absolute Gasteiger partial charge is 0.345 e. The maximum atomic E-state index is 12.1. The van der Waals surface area contributed by atoms with Gasteiger partial charge in [0.2, 0.25) is 5.95 Å². The molecule has 0 atom stereocenters. The number of benzene rings is 1. The summed E-state index contributed by atoms with van der Waals surface area (Å²) in [6.07, 6.45) is 3.69. The number of hydrogen-bond acceptors (Lipinski definition) is 5. The van der Waals surface area contributed by atoms with E-state index in [2.05, 4.69) is 33.6 Å². The maximum absolute atomic E-state index is 12.1. The van der Waals surface area contributed by atoms with Gasteiger partial charge in [0.05, 0.1) is 0 Å². The summed E-state index contributed by atoms with van der Waals surface area (Å²) in [6.45, 7) is 8.44. The molecule has 0 bridgehead atoms. The number of aromatic nitrogens is 2. The molecule has 2 heterocycles. The van der Waals surface area contributed by atoms with Gasteiger partial charge in [0.25, 0.3) is 5.91 Å². The molecule has 1 aromatic carbocycles. The molecule has 3 rings (SSSR count). The normalized spacial score (nSPS) is 14.2. The Labute approximate surface area is 179 Å². The Hall–Kier alpha value is -1.89. The van der Waals surface area contributed by atoms with E-state index in [1.807, 2.05) is 36.7 Å². The first-order chi connectivity index (χ1) is 12.5. The fourth-order valence-electron chi connectivity index (χ4n) is 3.16. The molecule has 2 aromatic rings. The quantitative estimate of drug-likeness (QED) is 0.752. The zero-order valence-electron chi connectivity index (χ0n) is 16.8. The van der Waals surface area contributed by atoms with Gasteiger partial charge in [0.15, 0.2) is 0 Å². The first kappa shape index (κ1) is 24.1. The van der Waals surface area contributed by atoms with Gasteiger partial charge in [-0.1, -0.05) is 12.1 Å². The Bertz CT molecular complexity index is 759. The van der Waals surface area contributed by atoms with Gasteiger partial charge in [-0.15, -0.1) is 24.8 Å². The Kier molecular flexibility index (Phi) is 9.14. The van der Waals surface area contributed by atoms with Crippen LogP contribution in [0.5, 0.6) is 0 Å². The van der Waals surface area contributed by atoms with Crippen LogP contribution in [-0.2, 0) is 0 Å². The Morgan fingerprint density at radius 1 is 1.00 bits per heavy atom. The van der Waals surface area contributed by atoms with E-state index in [0.717, 1.165) is 43.3 Å². The number of amides is 1. The molecule has 1 aromatic heterocycles. The highest BCUT2D eigenvalue weighted by Crippen LogP contribution is 2.21. The second-order valence-corrected chi connectivity index (χ2v) is 7.17. The smallest absolute Gasteiger partial charge is 0.253 e. The monoisotopic (exact) mass is 425 g/mol.